The van der Waals surface area contributed by atoms with Gasteiger partial charge >= 0.3 is 0 Å². The summed E-state index contributed by atoms with van der Waals surface area (Å²) < 4.78 is 5.87. The van der Waals surface area contributed by atoms with E-state index in [1.807, 2.05) is 0 Å². The predicted molar refractivity (Wildman–Crippen MR) is 142 cm³/mol. The summed E-state index contributed by atoms with van der Waals surface area (Å²) in [7, 11) is 0. The highest BCUT2D eigenvalue weighted by molar-refractivity contribution is 7.80. The van der Waals surface area contributed by atoms with E-state index in [1.54, 1.807) is 0 Å². The molecule has 0 saturated carbocycles. The molecular weight excluding hydrogens is 440 g/mol. The van der Waals surface area contributed by atoms with Gasteiger partial charge < -0.3 is 14.7 Å². The minimum absolute atomic E-state index is 0.148. The summed E-state index contributed by atoms with van der Waals surface area (Å²) in [5.74, 6) is 1.13. The van der Waals surface area contributed by atoms with Gasteiger partial charge in [-0.1, -0.05) is 74.3 Å². The normalized spacial score (nSPS) is 16.2. The van der Waals surface area contributed by atoms with Crippen molar-refractivity contribution in [1.82, 2.24) is 20.4 Å². The van der Waals surface area contributed by atoms with Crippen LogP contribution in [-0.2, 0) is 6.42 Å². The van der Waals surface area contributed by atoms with Crippen LogP contribution in [-0.4, -0.2) is 26.7 Å². The lowest BCUT2D eigenvalue weighted by molar-refractivity contribution is 0.395. The van der Waals surface area contributed by atoms with Crippen molar-refractivity contribution in [3.05, 3.63) is 76.3 Å². The van der Waals surface area contributed by atoms with Gasteiger partial charge in [-0.15, -0.1) is 0 Å². The van der Waals surface area contributed by atoms with Crippen molar-refractivity contribution in [2.45, 2.75) is 66.3 Å². The molecule has 1 unspecified atom stereocenters. The van der Waals surface area contributed by atoms with Crippen LogP contribution in [0, 0.1) is 13.8 Å². The first-order valence-corrected chi connectivity index (χ1v) is 12.6. The second-order valence-corrected chi connectivity index (χ2v) is 9.44. The number of unbranched alkanes of at least 4 members (excludes halogenated alkanes) is 2. The van der Waals surface area contributed by atoms with E-state index in [0.717, 1.165) is 46.9 Å². The fourth-order valence-corrected chi connectivity index (χ4v) is 4.73. The molecule has 34 heavy (non-hydrogen) atoms. The van der Waals surface area contributed by atoms with Crippen LogP contribution >= 0.6 is 12.2 Å². The van der Waals surface area contributed by atoms with Crippen LogP contribution in [0.2, 0.25) is 0 Å². The molecule has 0 amide bonds. The molecule has 2 heterocycles. The molecule has 2 aromatic carbocycles. The second kappa shape index (κ2) is 10.5. The number of aryl methyl sites for hydroxylation is 3. The summed E-state index contributed by atoms with van der Waals surface area (Å²) in [4.78, 5) is 7.01. The highest BCUT2D eigenvalue weighted by Crippen LogP contribution is 2.38. The number of thiocarbonyl (C=S) groups is 1. The molecule has 0 saturated heterocycles. The maximum Gasteiger partial charge on any atom is 0.258 e. The molecule has 0 radical (unpaired) electrons. The fraction of sp³-hybridized carbons (Fsp3) is 0.393. The number of nitrogens with zero attached hydrogens (tertiary/aromatic N) is 3. The van der Waals surface area contributed by atoms with Crippen LogP contribution in [0.3, 0.4) is 0 Å². The van der Waals surface area contributed by atoms with Gasteiger partial charge in [0.05, 0.1) is 11.6 Å². The third kappa shape index (κ3) is 4.92. The quantitative estimate of drug-likeness (QED) is 0.287. The second-order valence-electron chi connectivity index (χ2n) is 9.06. The van der Waals surface area contributed by atoms with Gasteiger partial charge in [0, 0.05) is 17.8 Å². The Labute approximate surface area is 208 Å². The topological polar surface area (TPSA) is 54.2 Å². The number of nitrogens with one attached hydrogen (secondary N) is 1. The van der Waals surface area contributed by atoms with Crippen molar-refractivity contribution in [3.8, 4) is 11.4 Å². The minimum Gasteiger partial charge on any atom is -0.351 e. The summed E-state index contributed by atoms with van der Waals surface area (Å²) >= 11 is 5.81. The van der Waals surface area contributed by atoms with E-state index >= 15 is 0 Å². The first-order chi connectivity index (χ1) is 16.4. The zero-order valence-electron chi connectivity index (χ0n) is 20.8. The standard InChI is InChI=1S/C28H34N4OS/c1-6-8-9-16-32-20(5)24(25(29-28(32)34)23-13-10-18(3)19(4)17-23)27-30-26(31-33-27)22-14-11-21(7-2)12-15-22/h10-15,17,25H,6-9,16H2,1-5H3,(H,29,34). The molecule has 1 aromatic heterocycles. The highest BCUT2D eigenvalue weighted by atomic mass is 32.1. The van der Waals surface area contributed by atoms with E-state index in [9.17, 15) is 0 Å². The van der Waals surface area contributed by atoms with E-state index in [-0.39, 0.29) is 6.04 Å². The van der Waals surface area contributed by atoms with Crippen molar-refractivity contribution >= 4 is 22.9 Å². The third-order valence-corrected chi connectivity index (χ3v) is 7.06. The molecule has 0 spiro atoms. The van der Waals surface area contributed by atoms with Crippen molar-refractivity contribution in [2.24, 2.45) is 0 Å². The van der Waals surface area contributed by atoms with E-state index in [0.29, 0.717) is 11.7 Å². The molecule has 178 valence electrons. The van der Waals surface area contributed by atoms with Crippen molar-refractivity contribution < 1.29 is 4.52 Å². The average Bonchev–Trinajstić information content (AvgIpc) is 3.32. The van der Waals surface area contributed by atoms with E-state index < -0.39 is 0 Å². The SMILES string of the molecule is CCCCCN1C(=S)NC(c2ccc(C)c(C)c2)C(c2nc(-c3ccc(CC)cc3)no2)=C1C. The van der Waals surface area contributed by atoms with Crippen LogP contribution in [0.4, 0.5) is 0 Å². The Morgan fingerprint density at radius 2 is 1.76 bits per heavy atom. The zero-order valence-corrected chi connectivity index (χ0v) is 21.6. The summed E-state index contributed by atoms with van der Waals surface area (Å²) in [6.45, 7) is 11.6. The first kappa shape index (κ1) is 24.1. The average molecular weight is 475 g/mol. The third-order valence-electron chi connectivity index (χ3n) is 6.72. The van der Waals surface area contributed by atoms with Gasteiger partial charge in [0.15, 0.2) is 5.11 Å². The van der Waals surface area contributed by atoms with Gasteiger partial charge in [-0.2, -0.15) is 4.98 Å². The van der Waals surface area contributed by atoms with Gasteiger partial charge in [-0.25, -0.2) is 0 Å². The first-order valence-electron chi connectivity index (χ1n) is 12.2. The van der Waals surface area contributed by atoms with Gasteiger partial charge in [0.1, 0.15) is 0 Å². The van der Waals surface area contributed by atoms with Gasteiger partial charge in [0.25, 0.3) is 5.89 Å². The molecular formula is C28H34N4OS. The summed E-state index contributed by atoms with van der Waals surface area (Å²) in [6, 6.07) is 14.7. The Morgan fingerprint density at radius 1 is 1.00 bits per heavy atom. The molecule has 1 atom stereocenters. The maximum atomic E-state index is 5.87. The highest BCUT2D eigenvalue weighted by Gasteiger charge is 2.34. The Morgan fingerprint density at radius 3 is 2.44 bits per heavy atom. The minimum atomic E-state index is -0.148. The summed E-state index contributed by atoms with van der Waals surface area (Å²) in [6.07, 6.45) is 4.41. The molecule has 1 N–H and O–H groups in total. The monoisotopic (exact) mass is 474 g/mol. The van der Waals surface area contributed by atoms with Crippen LogP contribution in [0.25, 0.3) is 17.0 Å². The molecule has 6 heteroatoms. The lowest BCUT2D eigenvalue weighted by Crippen LogP contribution is -2.46. The number of aromatic nitrogens is 2. The Hall–Kier alpha value is -2.99. The van der Waals surface area contributed by atoms with Crippen molar-refractivity contribution in [3.63, 3.8) is 0 Å². The predicted octanol–water partition coefficient (Wildman–Crippen LogP) is 6.77. The number of allylic oxidation sites excluding steroid dienone is 1. The fourth-order valence-electron chi connectivity index (χ4n) is 4.38. The van der Waals surface area contributed by atoms with E-state index in [1.165, 1.54) is 29.5 Å². The van der Waals surface area contributed by atoms with Crippen LogP contribution in [0.1, 0.15) is 74.2 Å². The zero-order chi connectivity index (χ0) is 24.2. The van der Waals surface area contributed by atoms with Crippen molar-refractivity contribution in [1.29, 1.82) is 0 Å². The van der Waals surface area contributed by atoms with Gasteiger partial charge in [-0.3, -0.25) is 0 Å². The number of hydrogen-bond donors (Lipinski definition) is 1. The van der Waals surface area contributed by atoms with Gasteiger partial charge in [0.2, 0.25) is 5.82 Å². The molecule has 3 aromatic rings. The lowest BCUT2D eigenvalue weighted by atomic mass is 9.92. The van der Waals surface area contributed by atoms with E-state index in [2.05, 4.69) is 92.5 Å². The molecule has 1 aliphatic heterocycles. The van der Waals surface area contributed by atoms with E-state index in [4.69, 9.17) is 21.7 Å². The summed E-state index contributed by atoms with van der Waals surface area (Å²) in [5, 5.41) is 8.65. The smallest absolute Gasteiger partial charge is 0.258 e. The Kier molecular flexibility index (Phi) is 7.47. The van der Waals surface area contributed by atoms with Crippen LogP contribution < -0.4 is 5.32 Å². The lowest BCUT2D eigenvalue weighted by Gasteiger charge is -2.37. The molecule has 0 aliphatic carbocycles. The Bertz CT molecular complexity index is 1200. The molecule has 4 rings (SSSR count). The van der Waals surface area contributed by atoms with Crippen molar-refractivity contribution in [2.75, 3.05) is 6.54 Å². The number of benzene rings is 2. The number of rotatable bonds is 8. The van der Waals surface area contributed by atoms with Gasteiger partial charge in [-0.05, 0) is 68.1 Å². The summed E-state index contributed by atoms with van der Waals surface area (Å²) in [5.41, 5.74) is 7.94. The molecule has 1 aliphatic rings. The molecule has 0 fully saturated rings. The molecule has 5 nitrogen and oxygen atoms in total. The molecule has 0 bridgehead atoms. The van der Waals surface area contributed by atoms with Crippen LogP contribution in [0.15, 0.2) is 52.7 Å². The largest absolute Gasteiger partial charge is 0.351 e. The maximum absolute atomic E-state index is 5.87. The number of hydrogen-bond acceptors (Lipinski definition) is 4. The Balaban J connectivity index is 1.76. The van der Waals surface area contributed by atoms with Crippen LogP contribution in [0.5, 0.6) is 0 Å².